The van der Waals surface area contributed by atoms with Gasteiger partial charge in [0, 0.05) is 13.1 Å². The summed E-state index contributed by atoms with van der Waals surface area (Å²) in [6.07, 6.45) is 2.68. The minimum Gasteiger partial charge on any atom is -0.351 e. The van der Waals surface area contributed by atoms with E-state index in [9.17, 15) is 4.79 Å². The zero-order valence-electron chi connectivity index (χ0n) is 11.3. The lowest BCUT2D eigenvalue weighted by Crippen LogP contribution is -2.24. The number of halogens is 1. The molecule has 0 bridgehead atoms. The van der Waals surface area contributed by atoms with Crippen molar-refractivity contribution >= 4 is 39.9 Å². The smallest absolute Gasteiger partial charge is 0.262 e. The predicted molar refractivity (Wildman–Crippen MR) is 86.0 cm³/mol. The fraction of sp³-hybridized carbons (Fsp3) is 0.200. The number of amides is 1. The second-order valence-electron chi connectivity index (χ2n) is 4.63. The Morgan fingerprint density at radius 3 is 3.00 bits per heavy atom. The Bertz CT molecular complexity index is 765. The number of rotatable bonds is 5. The van der Waals surface area contributed by atoms with Crippen molar-refractivity contribution in [1.82, 2.24) is 14.9 Å². The summed E-state index contributed by atoms with van der Waals surface area (Å²) in [5.41, 5.74) is 2.11. The van der Waals surface area contributed by atoms with Crippen LogP contribution < -0.4 is 5.32 Å². The van der Waals surface area contributed by atoms with E-state index in [4.69, 9.17) is 11.6 Å². The van der Waals surface area contributed by atoms with E-state index in [1.54, 1.807) is 6.07 Å². The highest BCUT2D eigenvalue weighted by molar-refractivity contribution is 7.12. The lowest BCUT2D eigenvalue weighted by Gasteiger charge is -2.06. The number of aromatic nitrogens is 2. The molecular weight excluding hydrogens is 306 g/mol. The molecule has 0 atom stereocenters. The second-order valence-corrected chi connectivity index (χ2v) is 5.96. The van der Waals surface area contributed by atoms with Gasteiger partial charge in [-0.05, 0) is 30.0 Å². The monoisotopic (exact) mass is 319 g/mol. The number of para-hydroxylation sites is 2. The lowest BCUT2D eigenvalue weighted by molar-refractivity contribution is 0.0957. The number of carbonyl (C=O) groups excluding carboxylic acids is 1. The first kappa shape index (κ1) is 14.1. The number of fused-ring (bicyclic) bond motifs is 1. The van der Waals surface area contributed by atoms with Crippen LogP contribution in [-0.2, 0) is 6.54 Å². The van der Waals surface area contributed by atoms with Gasteiger partial charge in [-0.25, -0.2) is 4.98 Å². The first-order valence-corrected chi connectivity index (χ1v) is 7.92. The van der Waals surface area contributed by atoms with Crippen LogP contribution in [0.5, 0.6) is 0 Å². The fourth-order valence-corrected chi connectivity index (χ4v) is 3.23. The summed E-state index contributed by atoms with van der Waals surface area (Å²) in [5.74, 6) is -0.106. The van der Waals surface area contributed by atoms with E-state index < -0.39 is 0 Å². The van der Waals surface area contributed by atoms with Crippen molar-refractivity contribution in [2.75, 3.05) is 6.54 Å². The largest absolute Gasteiger partial charge is 0.351 e. The number of benzene rings is 1. The zero-order chi connectivity index (χ0) is 14.7. The molecule has 4 nitrogen and oxygen atoms in total. The van der Waals surface area contributed by atoms with Crippen molar-refractivity contribution < 1.29 is 4.79 Å². The Kier molecular flexibility index (Phi) is 4.22. The Morgan fingerprint density at radius 2 is 2.19 bits per heavy atom. The van der Waals surface area contributed by atoms with Crippen LogP contribution in [0.15, 0.2) is 42.0 Å². The molecule has 0 unspecified atom stereocenters. The van der Waals surface area contributed by atoms with E-state index in [1.165, 1.54) is 11.3 Å². The van der Waals surface area contributed by atoms with Gasteiger partial charge in [-0.2, -0.15) is 0 Å². The normalized spacial score (nSPS) is 10.9. The summed E-state index contributed by atoms with van der Waals surface area (Å²) >= 11 is 7.29. The van der Waals surface area contributed by atoms with Gasteiger partial charge < -0.3 is 9.88 Å². The van der Waals surface area contributed by atoms with Crippen molar-refractivity contribution in [2.45, 2.75) is 13.0 Å². The third-order valence-corrected chi connectivity index (χ3v) is 4.55. The maximum Gasteiger partial charge on any atom is 0.262 e. The molecule has 6 heteroatoms. The topological polar surface area (TPSA) is 46.9 Å². The number of thiophene rings is 1. The summed E-state index contributed by atoms with van der Waals surface area (Å²) in [6.45, 7) is 1.43. The number of hydrogen-bond acceptors (Lipinski definition) is 3. The molecular formula is C15H14ClN3OS. The second kappa shape index (κ2) is 6.28. The van der Waals surface area contributed by atoms with E-state index in [0.717, 1.165) is 24.0 Å². The van der Waals surface area contributed by atoms with Crippen molar-refractivity contribution in [3.8, 4) is 0 Å². The average Bonchev–Trinajstić information content (AvgIpc) is 3.10. The average molecular weight is 320 g/mol. The minimum atomic E-state index is -0.106. The molecule has 1 aromatic carbocycles. The molecule has 21 heavy (non-hydrogen) atoms. The highest BCUT2D eigenvalue weighted by atomic mass is 35.5. The molecule has 0 saturated heterocycles. The molecule has 0 saturated carbocycles. The van der Waals surface area contributed by atoms with Crippen molar-refractivity contribution in [2.24, 2.45) is 0 Å². The van der Waals surface area contributed by atoms with Gasteiger partial charge in [0.15, 0.2) is 0 Å². The van der Waals surface area contributed by atoms with E-state index >= 15 is 0 Å². The summed E-state index contributed by atoms with van der Waals surface area (Å²) < 4.78 is 2.10. The summed E-state index contributed by atoms with van der Waals surface area (Å²) in [4.78, 5) is 16.8. The molecule has 0 fully saturated rings. The highest BCUT2D eigenvalue weighted by Gasteiger charge is 2.10. The van der Waals surface area contributed by atoms with Crippen molar-refractivity contribution in [1.29, 1.82) is 0 Å². The van der Waals surface area contributed by atoms with Crippen LogP contribution in [0.25, 0.3) is 11.0 Å². The Labute approximate surface area is 131 Å². The maximum atomic E-state index is 11.9. The summed E-state index contributed by atoms with van der Waals surface area (Å²) in [5, 5.41) is 5.22. The SMILES string of the molecule is O=C(NCCCn1cnc2ccccc21)c1sccc1Cl. The number of nitrogens with zero attached hydrogens (tertiary/aromatic N) is 2. The number of aryl methyl sites for hydroxylation is 1. The molecule has 0 aliphatic heterocycles. The first-order chi connectivity index (χ1) is 10.3. The van der Waals surface area contributed by atoms with Gasteiger partial charge in [0.2, 0.25) is 0 Å². The zero-order valence-corrected chi connectivity index (χ0v) is 12.8. The summed E-state index contributed by atoms with van der Waals surface area (Å²) in [6, 6.07) is 9.75. The molecule has 3 aromatic rings. The van der Waals surface area contributed by atoms with Crippen LogP contribution in [0.1, 0.15) is 16.1 Å². The number of imidazole rings is 1. The number of hydrogen-bond donors (Lipinski definition) is 1. The highest BCUT2D eigenvalue weighted by Crippen LogP contribution is 2.21. The molecule has 3 rings (SSSR count). The van der Waals surface area contributed by atoms with Crippen molar-refractivity contribution in [3.63, 3.8) is 0 Å². The van der Waals surface area contributed by atoms with Crippen LogP contribution in [-0.4, -0.2) is 22.0 Å². The molecule has 108 valence electrons. The van der Waals surface area contributed by atoms with Gasteiger partial charge in [0.05, 0.1) is 22.4 Å². The Morgan fingerprint density at radius 1 is 1.33 bits per heavy atom. The van der Waals surface area contributed by atoms with Crippen LogP contribution in [0.3, 0.4) is 0 Å². The predicted octanol–water partition coefficient (Wildman–Crippen LogP) is 3.57. The third kappa shape index (κ3) is 3.09. The van der Waals surface area contributed by atoms with E-state index in [0.29, 0.717) is 16.4 Å². The van der Waals surface area contributed by atoms with E-state index in [1.807, 2.05) is 36.0 Å². The number of nitrogens with one attached hydrogen (secondary N) is 1. The van der Waals surface area contributed by atoms with Gasteiger partial charge in [-0.3, -0.25) is 4.79 Å². The number of carbonyl (C=O) groups is 1. The quantitative estimate of drug-likeness (QED) is 0.731. The maximum absolute atomic E-state index is 11.9. The molecule has 0 radical (unpaired) electrons. The van der Waals surface area contributed by atoms with Gasteiger partial charge in [0.1, 0.15) is 4.88 Å². The van der Waals surface area contributed by atoms with Crippen molar-refractivity contribution in [3.05, 3.63) is 51.9 Å². The Balaban J connectivity index is 1.53. The molecule has 2 aromatic heterocycles. The molecule has 0 spiro atoms. The van der Waals surface area contributed by atoms with Gasteiger partial charge >= 0.3 is 0 Å². The van der Waals surface area contributed by atoms with E-state index in [-0.39, 0.29) is 5.91 Å². The fourth-order valence-electron chi connectivity index (χ4n) is 2.18. The van der Waals surface area contributed by atoms with Crippen LogP contribution >= 0.6 is 22.9 Å². The standard InChI is InChI=1S/C15H14ClN3OS/c16-11-6-9-21-14(11)15(20)17-7-3-8-19-10-18-12-4-1-2-5-13(12)19/h1-2,4-6,9-10H,3,7-8H2,(H,17,20). The molecule has 2 heterocycles. The van der Waals surface area contributed by atoms with Gasteiger partial charge in [-0.1, -0.05) is 23.7 Å². The van der Waals surface area contributed by atoms with Crippen LogP contribution in [0.2, 0.25) is 5.02 Å². The summed E-state index contributed by atoms with van der Waals surface area (Å²) in [7, 11) is 0. The molecule has 0 aliphatic rings. The third-order valence-electron chi connectivity index (χ3n) is 3.21. The minimum absolute atomic E-state index is 0.106. The lowest BCUT2D eigenvalue weighted by atomic mass is 10.3. The van der Waals surface area contributed by atoms with Gasteiger partial charge in [0.25, 0.3) is 5.91 Å². The molecule has 0 aliphatic carbocycles. The van der Waals surface area contributed by atoms with E-state index in [2.05, 4.69) is 14.9 Å². The van der Waals surface area contributed by atoms with Gasteiger partial charge in [-0.15, -0.1) is 11.3 Å². The molecule has 1 amide bonds. The van der Waals surface area contributed by atoms with Crippen LogP contribution in [0.4, 0.5) is 0 Å². The van der Waals surface area contributed by atoms with Crippen LogP contribution in [0, 0.1) is 0 Å². The first-order valence-electron chi connectivity index (χ1n) is 6.67. The molecule has 1 N–H and O–H groups in total. The Hall–Kier alpha value is -1.85.